The summed E-state index contributed by atoms with van der Waals surface area (Å²) in [5, 5.41) is 3.41. The van der Waals surface area contributed by atoms with E-state index in [0.29, 0.717) is 5.56 Å². The van der Waals surface area contributed by atoms with Crippen molar-refractivity contribution in [1.29, 1.82) is 0 Å². The van der Waals surface area contributed by atoms with Crippen LogP contribution in [0.3, 0.4) is 0 Å². The number of benzene rings is 1. The molecule has 1 saturated heterocycles. The fourth-order valence-corrected chi connectivity index (χ4v) is 4.13. The zero-order valence-electron chi connectivity index (χ0n) is 11.5. The summed E-state index contributed by atoms with van der Waals surface area (Å²) in [6.45, 7) is 5.05. The Hall–Kier alpha value is -0.610. The maximum Gasteiger partial charge on any atom is 0.128 e. The topological polar surface area (TPSA) is 12.0 Å². The summed E-state index contributed by atoms with van der Waals surface area (Å²) in [7, 11) is 0. The molecular weight excluding hydrogens is 264 g/mol. The Labute approximate surface area is 118 Å². The standard InChI is InChI=1S/C15H21F2NS/c1-3-8-18-14(15(2)7-4-9-19-15)12-10-11(16)5-6-13(12)17/h5-6,10,14,18H,3-4,7-9H2,1-2H3. The number of nitrogens with one attached hydrogen (secondary N) is 1. The van der Waals surface area contributed by atoms with E-state index in [1.807, 2.05) is 11.8 Å². The predicted molar refractivity (Wildman–Crippen MR) is 77.5 cm³/mol. The van der Waals surface area contributed by atoms with Crippen LogP contribution >= 0.6 is 11.8 Å². The zero-order valence-corrected chi connectivity index (χ0v) is 12.3. The molecule has 2 atom stereocenters. The van der Waals surface area contributed by atoms with Gasteiger partial charge < -0.3 is 5.32 Å². The van der Waals surface area contributed by atoms with Crippen molar-refractivity contribution < 1.29 is 8.78 Å². The van der Waals surface area contributed by atoms with Gasteiger partial charge in [0.2, 0.25) is 0 Å². The van der Waals surface area contributed by atoms with Crippen molar-refractivity contribution in [3.8, 4) is 0 Å². The molecule has 0 radical (unpaired) electrons. The first-order valence-electron chi connectivity index (χ1n) is 6.89. The lowest BCUT2D eigenvalue weighted by atomic mass is 9.89. The summed E-state index contributed by atoms with van der Waals surface area (Å²) in [5.41, 5.74) is 0.463. The first-order chi connectivity index (χ1) is 9.07. The molecule has 1 aliphatic heterocycles. The lowest BCUT2D eigenvalue weighted by Gasteiger charge is -2.34. The van der Waals surface area contributed by atoms with E-state index in [0.717, 1.165) is 31.6 Å². The van der Waals surface area contributed by atoms with Crippen molar-refractivity contribution in [3.63, 3.8) is 0 Å². The van der Waals surface area contributed by atoms with Crippen LogP contribution in [0.1, 0.15) is 44.7 Å². The lowest BCUT2D eigenvalue weighted by Crippen LogP contribution is -2.38. The monoisotopic (exact) mass is 285 g/mol. The van der Waals surface area contributed by atoms with Crippen LogP contribution in [-0.4, -0.2) is 17.0 Å². The second-order valence-corrected chi connectivity index (χ2v) is 6.95. The lowest BCUT2D eigenvalue weighted by molar-refractivity contribution is 0.397. The highest BCUT2D eigenvalue weighted by Gasteiger charge is 2.39. The van der Waals surface area contributed by atoms with Crippen molar-refractivity contribution in [3.05, 3.63) is 35.4 Å². The maximum absolute atomic E-state index is 14.1. The normalized spacial score (nSPS) is 24.6. The molecule has 1 aromatic rings. The molecule has 0 bridgehead atoms. The summed E-state index contributed by atoms with van der Waals surface area (Å²) in [4.78, 5) is 0. The molecule has 0 aliphatic carbocycles. The molecule has 2 unspecified atom stereocenters. The van der Waals surface area contributed by atoms with Gasteiger partial charge in [-0.25, -0.2) is 8.78 Å². The van der Waals surface area contributed by atoms with Gasteiger partial charge >= 0.3 is 0 Å². The van der Waals surface area contributed by atoms with Gasteiger partial charge in [0.05, 0.1) is 0 Å². The molecule has 106 valence electrons. The van der Waals surface area contributed by atoms with Crippen molar-refractivity contribution in [2.24, 2.45) is 0 Å². The third kappa shape index (κ3) is 3.29. The van der Waals surface area contributed by atoms with E-state index < -0.39 is 0 Å². The minimum atomic E-state index is -0.369. The summed E-state index contributed by atoms with van der Waals surface area (Å²) in [6.07, 6.45) is 3.16. The van der Waals surface area contributed by atoms with Crippen LogP contribution in [0.4, 0.5) is 8.78 Å². The van der Waals surface area contributed by atoms with E-state index in [1.165, 1.54) is 18.2 Å². The Morgan fingerprint density at radius 1 is 1.42 bits per heavy atom. The van der Waals surface area contributed by atoms with E-state index in [-0.39, 0.29) is 22.4 Å². The molecule has 0 spiro atoms. The van der Waals surface area contributed by atoms with E-state index >= 15 is 0 Å². The van der Waals surface area contributed by atoms with Crippen LogP contribution in [0.2, 0.25) is 0 Å². The molecule has 1 heterocycles. The van der Waals surface area contributed by atoms with E-state index in [9.17, 15) is 8.78 Å². The quantitative estimate of drug-likeness (QED) is 0.866. The Morgan fingerprint density at radius 3 is 2.84 bits per heavy atom. The highest BCUT2D eigenvalue weighted by molar-refractivity contribution is 8.00. The van der Waals surface area contributed by atoms with Gasteiger partial charge in [0.1, 0.15) is 11.6 Å². The van der Waals surface area contributed by atoms with Crippen molar-refractivity contribution >= 4 is 11.8 Å². The average Bonchev–Trinajstić information content (AvgIpc) is 2.82. The maximum atomic E-state index is 14.1. The first kappa shape index (κ1) is 14.8. The second kappa shape index (κ2) is 6.23. The number of thioether (sulfide) groups is 1. The summed E-state index contributed by atoms with van der Waals surface area (Å²) in [5.74, 6) is 0.410. The van der Waals surface area contributed by atoms with Crippen LogP contribution in [-0.2, 0) is 0 Å². The summed E-state index contributed by atoms with van der Waals surface area (Å²) < 4.78 is 27.4. The molecule has 0 aromatic heterocycles. The van der Waals surface area contributed by atoms with Gasteiger partial charge in [-0.05, 0) is 56.7 Å². The predicted octanol–water partition coefficient (Wildman–Crippen LogP) is 4.29. The van der Waals surface area contributed by atoms with Crippen molar-refractivity contribution in [2.45, 2.75) is 43.9 Å². The Morgan fingerprint density at radius 2 is 2.21 bits per heavy atom. The van der Waals surface area contributed by atoms with Gasteiger partial charge in [-0.15, -0.1) is 0 Å². The number of hydrogen-bond donors (Lipinski definition) is 1. The Bertz CT molecular complexity index is 430. The minimum absolute atomic E-state index is 0.0518. The van der Waals surface area contributed by atoms with Crippen molar-refractivity contribution in [1.82, 2.24) is 5.32 Å². The summed E-state index contributed by atoms with van der Waals surface area (Å²) in [6, 6.07) is 3.62. The number of rotatable bonds is 5. The van der Waals surface area contributed by atoms with Gasteiger partial charge in [-0.1, -0.05) is 6.92 Å². The van der Waals surface area contributed by atoms with Crippen LogP contribution in [0.15, 0.2) is 18.2 Å². The van der Waals surface area contributed by atoms with E-state index in [2.05, 4.69) is 19.2 Å². The molecular formula is C15H21F2NS. The van der Waals surface area contributed by atoms with Gasteiger partial charge in [-0.3, -0.25) is 0 Å². The smallest absolute Gasteiger partial charge is 0.128 e. The third-order valence-corrected chi connectivity index (χ3v) is 5.32. The van der Waals surface area contributed by atoms with E-state index in [4.69, 9.17) is 0 Å². The van der Waals surface area contributed by atoms with Gasteiger partial charge in [0, 0.05) is 16.4 Å². The molecule has 1 N–H and O–H groups in total. The largest absolute Gasteiger partial charge is 0.309 e. The highest BCUT2D eigenvalue weighted by atomic mass is 32.2. The number of halogens is 2. The van der Waals surface area contributed by atoms with Crippen LogP contribution in [0, 0.1) is 11.6 Å². The molecule has 4 heteroatoms. The SMILES string of the molecule is CCCNC(c1cc(F)ccc1F)C1(C)CCCS1. The van der Waals surface area contributed by atoms with E-state index in [1.54, 1.807) is 0 Å². The second-order valence-electron chi connectivity index (χ2n) is 5.32. The molecule has 1 aliphatic rings. The van der Waals surface area contributed by atoms with Crippen molar-refractivity contribution in [2.75, 3.05) is 12.3 Å². The molecule has 1 nitrogen and oxygen atoms in total. The third-order valence-electron chi connectivity index (χ3n) is 3.73. The zero-order chi connectivity index (χ0) is 13.9. The fraction of sp³-hybridized carbons (Fsp3) is 0.600. The minimum Gasteiger partial charge on any atom is -0.309 e. The van der Waals surface area contributed by atoms with Crippen LogP contribution in [0.25, 0.3) is 0 Å². The Balaban J connectivity index is 2.33. The fourth-order valence-electron chi connectivity index (χ4n) is 2.71. The molecule has 0 amide bonds. The van der Waals surface area contributed by atoms with Gasteiger partial charge in [0.15, 0.2) is 0 Å². The molecule has 19 heavy (non-hydrogen) atoms. The van der Waals surface area contributed by atoms with Gasteiger partial charge in [0.25, 0.3) is 0 Å². The summed E-state index contributed by atoms with van der Waals surface area (Å²) >= 11 is 1.86. The van der Waals surface area contributed by atoms with Gasteiger partial charge in [-0.2, -0.15) is 11.8 Å². The molecule has 1 fully saturated rings. The molecule has 1 aromatic carbocycles. The Kier molecular flexibility index (Phi) is 4.85. The average molecular weight is 285 g/mol. The molecule has 2 rings (SSSR count). The van der Waals surface area contributed by atoms with Crippen LogP contribution < -0.4 is 5.32 Å². The molecule has 0 saturated carbocycles. The number of hydrogen-bond acceptors (Lipinski definition) is 2. The highest BCUT2D eigenvalue weighted by Crippen LogP contribution is 2.47. The van der Waals surface area contributed by atoms with Crippen LogP contribution in [0.5, 0.6) is 0 Å². The first-order valence-corrected chi connectivity index (χ1v) is 7.87.